The SMILES string of the molecule is CC(C)CN(C([C@@H]1CCOC1)[C@@H](OP(=O)(O)O)[C@H](Cc1ccccc1)OC(N)=O)S(=O)(=O)c1ccc([N+](=O)[O-])cc1. The van der Waals surface area contributed by atoms with Crippen LogP contribution in [0.5, 0.6) is 0 Å². The smallest absolute Gasteiger partial charge is 0.443 e. The lowest BCUT2D eigenvalue weighted by Gasteiger charge is -2.42. The van der Waals surface area contributed by atoms with Crippen molar-refractivity contribution >= 4 is 29.6 Å². The molecule has 0 aromatic heterocycles. The number of benzene rings is 2. The van der Waals surface area contributed by atoms with Crippen LogP contribution in [-0.4, -0.2) is 71.5 Å². The van der Waals surface area contributed by atoms with Crippen molar-refractivity contribution in [3.05, 3.63) is 70.3 Å². The van der Waals surface area contributed by atoms with Crippen LogP contribution in [0.15, 0.2) is 59.5 Å². The number of nitrogens with two attached hydrogens (primary N) is 1. The first kappa shape index (κ1) is 32.6. The Morgan fingerprint density at radius 3 is 2.32 bits per heavy atom. The molecule has 226 valence electrons. The monoisotopic (exact) mass is 615 g/mol. The molecule has 41 heavy (non-hydrogen) atoms. The summed E-state index contributed by atoms with van der Waals surface area (Å²) >= 11 is 0. The van der Waals surface area contributed by atoms with Gasteiger partial charge in [0.25, 0.3) is 5.69 Å². The Hall–Kier alpha value is -2.91. The van der Waals surface area contributed by atoms with E-state index in [4.69, 9.17) is 19.7 Å². The third kappa shape index (κ3) is 9.04. The number of carbonyl (C=O) groups excluding carboxylic acids is 1. The number of amides is 1. The first-order valence-electron chi connectivity index (χ1n) is 12.8. The molecule has 0 aliphatic carbocycles. The molecular weight excluding hydrogens is 581 g/mol. The normalized spacial score (nSPS) is 18.2. The Balaban J connectivity index is 2.21. The number of carbonyl (C=O) groups is 1. The lowest BCUT2D eigenvalue weighted by Crippen LogP contribution is -2.57. The summed E-state index contributed by atoms with van der Waals surface area (Å²) in [5.41, 5.74) is 5.64. The average molecular weight is 616 g/mol. The second kappa shape index (κ2) is 13.8. The van der Waals surface area contributed by atoms with Gasteiger partial charge in [0.1, 0.15) is 12.2 Å². The molecule has 4 N–H and O–H groups in total. The van der Waals surface area contributed by atoms with Crippen molar-refractivity contribution in [3.8, 4) is 0 Å². The highest BCUT2D eigenvalue weighted by atomic mass is 32.2. The van der Waals surface area contributed by atoms with Crippen molar-refractivity contribution in [3.63, 3.8) is 0 Å². The molecule has 1 aliphatic rings. The van der Waals surface area contributed by atoms with Crippen LogP contribution in [0.4, 0.5) is 10.5 Å². The zero-order chi connectivity index (χ0) is 30.4. The molecule has 1 saturated heterocycles. The maximum absolute atomic E-state index is 14.2. The molecule has 1 unspecified atom stereocenters. The molecule has 1 aliphatic heterocycles. The second-order valence-corrected chi connectivity index (χ2v) is 13.1. The van der Waals surface area contributed by atoms with Gasteiger partial charge in [-0.1, -0.05) is 44.2 Å². The van der Waals surface area contributed by atoms with E-state index in [1.165, 1.54) is 0 Å². The van der Waals surface area contributed by atoms with Crippen LogP contribution in [-0.2, 0) is 35.0 Å². The molecular formula is C25H34N3O11PS. The standard InChI is InChI=1S/C25H34N3O11PS/c1-17(2)15-27(41(35,36)21-10-8-20(9-11-21)28(30)31)23(19-12-13-37-16-19)24(39-40(32,33)34)22(38-25(26)29)14-18-6-4-3-5-7-18/h3-11,17,19,22-24H,12-16H2,1-2H3,(H2,26,29)(H2,32,33,34)/t19-,22+,23?,24+/m1/s1. The van der Waals surface area contributed by atoms with Crippen LogP contribution in [0.1, 0.15) is 25.8 Å². The van der Waals surface area contributed by atoms with Gasteiger partial charge in [0.15, 0.2) is 0 Å². The van der Waals surface area contributed by atoms with Crippen molar-refractivity contribution in [1.29, 1.82) is 0 Å². The van der Waals surface area contributed by atoms with Crippen molar-refractivity contribution in [2.75, 3.05) is 19.8 Å². The lowest BCUT2D eigenvalue weighted by molar-refractivity contribution is -0.384. The number of primary amides is 1. The summed E-state index contributed by atoms with van der Waals surface area (Å²) in [4.78, 5) is 42.1. The zero-order valence-electron chi connectivity index (χ0n) is 22.5. The summed E-state index contributed by atoms with van der Waals surface area (Å²) < 4.78 is 57.8. The van der Waals surface area contributed by atoms with Gasteiger partial charge >= 0.3 is 13.9 Å². The minimum Gasteiger partial charge on any atom is -0.443 e. The van der Waals surface area contributed by atoms with E-state index in [0.717, 1.165) is 28.6 Å². The van der Waals surface area contributed by atoms with Gasteiger partial charge in [-0.05, 0) is 30.0 Å². The quantitative estimate of drug-likeness (QED) is 0.160. The molecule has 2 aromatic rings. The highest BCUT2D eigenvalue weighted by molar-refractivity contribution is 7.89. The predicted octanol–water partition coefficient (Wildman–Crippen LogP) is 2.83. The maximum Gasteiger partial charge on any atom is 0.470 e. The fraction of sp³-hybridized carbons (Fsp3) is 0.480. The molecule has 1 amide bonds. The van der Waals surface area contributed by atoms with Gasteiger partial charge in [0.2, 0.25) is 10.0 Å². The van der Waals surface area contributed by atoms with E-state index in [9.17, 15) is 37.7 Å². The molecule has 0 saturated carbocycles. The van der Waals surface area contributed by atoms with Gasteiger partial charge in [-0.15, -0.1) is 0 Å². The summed E-state index contributed by atoms with van der Waals surface area (Å²) in [7, 11) is -9.76. The minimum absolute atomic E-state index is 0.0324. The largest absolute Gasteiger partial charge is 0.470 e. The van der Waals surface area contributed by atoms with E-state index in [1.807, 2.05) is 0 Å². The molecule has 16 heteroatoms. The molecule has 1 fully saturated rings. The molecule has 1 heterocycles. The van der Waals surface area contributed by atoms with Crippen LogP contribution in [0.3, 0.4) is 0 Å². The number of non-ortho nitro benzene ring substituents is 1. The van der Waals surface area contributed by atoms with E-state index in [0.29, 0.717) is 12.0 Å². The Bertz CT molecular complexity index is 1330. The summed E-state index contributed by atoms with van der Waals surface area (Å²) in [5, 5.41) is 11.1. The molecule has 0 radical (unpaired) electrons. The van der Waals surface area contributed by atoms with Gasteiger partial charge in [0, 0.05) is 37.6 Å². The highest BCUT2D eigenvalue weighted by Crippen LogP contribution is 2.43. The Morgan fingerprint density at radius 1 is 1.20 bits per heavy atom. The minimum atomic E-state index is -5.30. The fourth-order valence-corrected chi connectivity index (χ4v) is 7.27. The van der Waals surface area contributed by atoms with E-state index in [-0.39, 0.29) is 42.7 Å². The number of hydrogen-bond donors (Lipinski definition) is 3. The number of rotatable bonds is 14. The number of sulfonamides is 1. The van der Waals surface area contributed by atoms with Gasteiger partial charge in [-0.25, -0.2) is 17.8 Å². The Morgan fingerprint density at radius 2 is 1.83 bits per heavy atom. The molecule has 14 nitrogen and oxygen atoms in total. The van der Waals surface area contributed by atoms with Crippen molar-refractivity contribution in [2.45, 2.75) is 49.8 Å². The van der Waals surface area contributed by atoms with E-state index in [1.54, 1.807) is 44.2 Å². The topological polar surface area (TPSA) is 209 Å². The van der Waals surface area contributed by atoms with Crippen LogP contribution >= 0.6 is 7.82 Å². The van der Waals surface area contributed by atoms with E-state index < -0.39 is 53.0 Å². The summed E-state index contributed by atoms with van der Waals surface area (Å²) in [6, 6.07) is 11.5. The lowest BCUT2D eigenvalue weighted by atomic mass is 9.88. The summed E-state index contributed by atoms with van der Waals surface area (Å²) in [5.74, 6) is -0.916. The van der Waals surface area contributed by atoms with E-state index in [2.05, 4.69) is 0 Å². The zero-order valence-corrected chi connectivity index (χ0v) is 24.2. The number of ether oxygens (including phenoxy) is 2. The first-order valence-corrected chi connectivity index (χ1v) is 15.7. The van der Waals surface area contributed by atoms with Crippen molar-refractivity contribution in [2.24, 2.45) is 17.6 Å². The number of nitrogens with zero attached hydrogens (tertiary/aromatic N) is 2. The van der Waals surface area contributed by atoms with Gasteiger partial charge in [-0.2, -0.15) is 4.31 Å². The molecule has 3 rings (SSSR count). The van der Waals surface area contributed by atoms with Crippen LogP contribution < -0.4 is 5.73 Å². The molecule has 0 spiro atoms. The van der Waals surface area contributed by atoms with Crippen LogP contribution in [0, 0.1) is 22.0 Å². The van der Waals surface area contributed by atoms with Crippen molar-refractivity contribution in [1.82, 2.24) is 4.31 Å². The van der Waals surface area contributed by atoms with Crippen molar-refractivity contribution < 1.29 is 46.5 Å². The van der Waals surface area contributed by atoms with E-state index >= 15 is 0 Å². The Kier molecular flexibility index (Phi) is 11.0. The maximum atomic E-state index is 14.2. The average Bonchev–Trinajstić information content (AvgIpc) is 3.41. The number of hydrogen-bond acceptors (Lipinski definition) is 9. The highest BCUT2D eigenvalue weighted by Gasteiger charge is 2.49. The number of nitro benzene ring substituents is 1. The van der Waals surface area contributed by atoms with Gasteiger partial charge in [0.05, 0.1) is 22.5 Å². The van der Waals surface area contributed by atoms with Crippen LogP contribution in [0.25, 0.3) is 0 Å². The molecule has 2 aromatic carbocycles. The number of phosphoric ester groups is 1. The van der Waals surface area contributed by atoms with Gasteiger partial charge in [-0.3, -0.25) is 14.6 Å². The van der Waals surface area contributed by atoms with Crippen LogP contribution in [0.2, 0.25) is 0 Å². The second-order valence-electron chi connectivity index (χ2n) is 10.1. The third-order valence-electron chi connectivity index (χ3n) is 6.49. The molecule has 0 bridgehead atoms. The first-order chi connectivity index (χ1) is 19.2. The number of nitro groups is 1. The van der Waals surface area contributed by atoms with Gasteiger partial charge < -0.3 is 25.0 Å². The summed E-state index contributed by atoms with van der Waals surface area (Å²) in [6.07, 6.45) is -4.16. The predicted molar refractivity (Wildman–Crippen MR) is 146 cm³/mol. The third-order valence-corrected chi connectivity index (χ3v) is 8.88. The number of phosphoric acid groups is 1. The Labute approximate surface area is 237 Å². The fourth-order valence-electron chi connectivity index (χ4n) is 4.83. The molecule has 4 atom stereocenters. The summed E-state index contributed by atoms with van der Waals surface area (Å²) in [6.45, 7) is 3.65.